The normalized spacial score (nSPS) is 10.8. The molecular weight excluding hydrogens is 304 g/mol. The highest BCUT2D eigenvalue weighted by molar-refractivity contribution is 9.10. The average Bonchev–Trinajstić information content (AvgIpc) is 2.65. The number of anilines is 1. The van der Waals surface area contributed by atoms with Crippen LogP contribution in [0.3, 0.4) is 0 Å². The Morgan fingerprint density at radius 1 is 1.47 bits per heavy atom. The molecule has 0 radical (unpaired) electrons. The Bertz CT molecular complexity index is 539. The summed E-state index contributed by atoms with van der Waals surface area (Å²) in [5.41, 5.74) is 7.53. The number of nitrogens with two attached hydrogens (primary N) is 1. The highest BCUT2D eigenvalue weighted by atomic mass is 79.9. The maximum atomic E-state index is 6.16. The summed E-state index contributed by atoms with van der Waals surface area (Å²) in [7, 11) is 0. The lowest BCUT2D eigenvalue weighted by atomic mass is 10.0. The summed E-state index contributed by atoms with van der Waals surface area (Å²) in [5, 5.41) is 4.44. The SMILES string of the molecule is CCCc1c(N)noc1-c1cc(Br)ccc1Cl. The minimum absolute atomic E-state index is 0.442. The van der Waals surface area contributed by atoms with Crippen molar-refractivity contribution in [3.63, 3.8) is 0 Å². The topological polar surface area (TPSA) is 52.0 Å². The van der Waals surface area contributed by atoms with Gasteiger partial charge in [0.05, 0.1) is 5.02 Å². The van der Waals surface area contributed by atoms with Crippen molar-refractivity contribution in [3.8, 4) is 11.3 Å². The first kappa shape index (κ1) is 12.5. The van der Waals surface area contributed by atoms with Crippen LogP contribution in [0.1, 0.15) is 18.9 Å². The van der Waals surface area contributed by atoms with Crippen molar-refractivity contribution >= 4 is 33.3 Å². The molecule has 0 bridgehead atoms. The van der Waals surface area contributed by atoms with Gasteiger partial charge in [0, 0.05) is 15.6 Å². The Morgan fingerprint density at radius 2 is 2.24 bits per heavy atom. The maximum Gasteiger partial charge on any atom is 0.173 e. The van der Waals surface area contributed by atoms with E-state index in [0.29, 0.717) is 16.6 Å². The van der Waals surface area contributed by atoms with E-state index in [4.69, 9.17) is 21.9 Å². The quantitative estimate of drug-likeness (QED) is 0.919. The van der Waals surface area contributed by atoms with Crippen LogP contribution in [0.2, 0.25) is 5.02 Å². The fraction of sp³-hybridized carbons (Fsp3) is 0.250. The molecule has 2 aromatic rings. The molecular formula is C12H12BrClN2O. The van der Waals surface area contributed by atoms with Gasteiger partial charge in [-0.3, -0.25) is 0 Å². The van der Waals surface area contributed by atoms with Crippen LogP contribution < -0.4 is 5.73 Å². The molecule has 0 unspecified atom stereocenters. The van der Waals surface area contributed by atoms with Crippen LogP contribution in [0.4, 0.5) is 5.82 Å². The van der Waals surface area contributed by atoms with E-state index >= 15 is 0 Å². The van der Waals surface area contributed by atoms with Gasteiger partial charge in [-0.15, -0.1) is 0 Å². The summed E-state index contributed by atoms with van der Waals surface area (Å²) in [6, 6.07) is 5.60. The van der Waals surface area contributed by atoms with Gasteiger partial charge in [0.15, 0.2) is 11.6 Å². The van der Waals surface area contributed by atoms with E-state index in [-0.39, 0.29) is 0 Å². The van der Waals surface area contributed by atoms with Crippen LogP contribution >= 0.6 is 27.5 Å². The molecule has 0 atom stereocenters. The van der Waals surface area contributed by atoms with Crippen molar-refractivity contribution in [2.45, 2.75) is 19.8 Å². The lowest BCUT2D eigenvalue weighted by Gasteiger charge is -2.03. The molecule has 0 amide bonds. The van der Waals surface area contributed by atoms with Crippen molar-refractivity contribution in [1.29, 1.82) is 0 Å². The third-order valence-corrected chi connectivity index (χ3v) is 3.31. The molecule has 90 valence electrons. The molecule has 0 aliphatic heterocycles. The summed E-state index contributed by atoms with van der Waals surface area (Å²) < 4.78 is 6.23. The van der Waals surface area contributed by atoms with E-state index in [1.807, 2.05) is 18.2 Å². The van der Waals surface area contributed by atoms with Crippen molar-refractivity contribution in [2.24, 2.45) is 0 Å². The zero-order valence-electron chi connectivity index (χ0n) is 9.34. The van der Waals surface area contributed by atoms with Gasteiger partial charge in [0.2, 0.25) is 0 Å². The molecule has 1 heterocycles. The summed E-state index contributed by atoms with van der Waals surface area (Å²) in [6.45, 7) is 2.08. The number of nitrogens with zero attached hydrogens (tertiary/aromatic N) is 1. The first-order chi connectivity index (χ1) is 8.13. The summed E-state index contributed by atoms with van der Waals surface area (Å²) in [5.74, 6) is 1.11. The standard InChI is InChI=1S/C12H12BrClN2O/c1-2-3-8-11(17-16-12(8)15)9-6-7(13)4-5-10(9)14/h4-6H,2-3H2,1H3,(H2,15,16). The van der Waals surface area contributed by atoms with E-state index < -0.39 is 0 Å². The van der Waals surface area contributed by atoms with Gasteiger partial charge in [-0.2, -0.15) is 0 Å². The largest absolute Gasteiger partial charge is 0.381 e. The predicted molar refractivity (Wildman–Crippen MR) is 73.1 cm³/mol. The summed E-state index contributed by atoms with van der Waals surface area (Å²) >= 11 is 9.57. The van der Waals surface area contributed by atoms with E-state index in [0.717, 1.165) is 28.4 Å². The lowest BCUT2D eigenvalue weighted by molar-refractivity contribution is 0.435. The van der Waals surface area contributed by atoms with Gasteiger partial charge < -0.3 is 10.3 Å². The molecule has 1 aromatic heterocycles. The third-order valence-electron chi connectivity index (χ3n) is 2.49. The van der Waals surface area contributed by atoms with Crippen LogP contribution in [0.25, 0.3) is 11.3 Å². The molecule has 0 fully saturated rings. The number of hydrogen-bond acceptors (Lipinski definition) is 3. The highest BCUT2D eigenvalue weighted by Crippen LogP contribution is 2.35. The van der Waals surface area contributed by atoms with E-state index in [1.54, 1.807) is 0 Å². The van der Waals surface area contributed by atoms with Gasteiger partial charge in [0.1, 0.15) is 0 Å². The van der Waals surface area contributed by atoms with Crippen molar-refractivity contribution in [3.05, 3.63) is 33.3 Å². The number of nitrogen functional groups attached to an aromatic ring is 1. The molecule has 0 saturated carbocycles. The third kappa shape index (κ3) is 2.48. The second-order valence-corrected chi connectivity index (χ2v) is 5.07. The molecule has 17 heavy (non-hydrogen) atoms. The maximum absolute atomic E-state index is 6.16. The Balaban J connectivity index is 2.56. The predicted octanol–water partition coefficient (Wildman–Crippen LogP) is 4.29. The molecule has 5 heteroatoms. The average molecular weight is 316 g/mol. The number of benzene rings is 1. The van der Waals surface area contributed by atoms with Crippen molar-refractivity contribution < 1.29 is 4.52 Å². The number of halogens is 2. The van der Waals surface area contributed by atoms with Gasteiger partial charge in [-0.1, -0.05) is 46.0 Å². The van der Waals surface area contributed by atoms with Gasteiger partial charge >= 0.3 is 0 Å². The molecule has 3 nitrogen and oxygen atoms in total. The molecule has 0 aliphatic carbocycles. The Labute approximate surface area is 113 Å². The second-order valence-electron chi connectivity index (χ2n) is 3.75. The minimum atomic E-state index is 0.442. The zero-order valence-corrected chi connectivity index (χ0v) is 11.7. The van der Waals surface area contributed by atoms with Crippen molar-refractivity contribution in [2.75, 3.05) is 5.73 Å². The Kier molecular flexibility index (Phi) is 3.74. The lowest BCUT2D eigenvalue weighted by Crippen LogP contribution is -1.93. The Morgan fingerprint density at radius 3 is 2.94 bits per heavy atom. The number of hydrogen-bond donors (Lipinski definition) is 1. The van der Waals surface area contributed by atoms with Crippen molar-refractivity contribution in [1.82, 2.24) is 5.16 Å². The van der Waals surface area contributed by atoms with Crippen LogP contribution in [-0.2, 0) is 6.42 Å². The summed E-state index contributed by atoms with van der Waals surface area (Å²) in [6.07, 6.45) is 1.80. The van der Waals surface area contributed by atoms with Crippen LogP contribution in [-0.4, -0.2) is 5.16 Å². The summed E-state index contributed by atoms with van der Waals surface area (Å²) in [4.78, 5) is 0. The van der Waals surface area contributed by atoms with Crippen LogP contribution in [0.5, 0.6) is 0 Å². The fourth-order valence-corrected chi connectivity index (χ4v) is 2.26. The van der Waals surface area contributed by atoms with E-state index in [1.165, 1.54) is 0 Å². The van der Waals surface area contributed by atoms with Gasteiger partial charge in [-0.05, 0) is 24.6 Å². The molecule has 0 aliphatic rings. The molecule has 0 saturated heterocycles. The fourth-order valence-electron chi connectivity index (χ4n) is 1.70. The van der Waals surface area contributed by atoms with Crippen LogP contribution in [0, 0.1) is 0 Å². The first-order valence-electron chi connectivity index (χ1n) is 5.33. The molecule has 2 rings (SSSR count). The highest BCUT2D eigenvalue weighted by Gasteiger charge is 2.17. The molecule has 1 aromatic carbocycles. The van der Waals surface area contributed by atoms with E-state index in [9.17, 15) is 0 Å². The Hall–Kier alpha value is -1.000. The number of aromatic nitrogens is 1. The number of rotatable bonds is 3. The van der Waals surface area contributed by atoms with Crippen LogP contribution in [0.15, 0.2) is 27.2 Å². The smallest absolute Gasteiger partial charge is 0.173 e. The molecule has 2 N–H and O–H groups in total. The van der Waals surface area contributed by atoms with E-state index in [2.05, 4.69) is 28.0 Å². The molecule has 0 spiro atoms. The monoisotopic (exact) mass is 314 g/mol. The van der Waals surface area contributed by atoms with Gasteiger partial charge in [0.25, 0.3) is 0 Å². The van der Waals surface area contributed by atoms with Gasteiger partial charge in [-0.25, -0.2) is 0 Å². The second kappa shape index (κ2) is 5.10. The zero-order chi connectivity index (χ0) is 12.4. The minimum Gasteiger partial charge on any atom is -0.381 e. The first-order valence-corrected chi connectivity index (χ1v) is 6.50.